The quantitative estimate of drug-likeness (QED) is 0.208. The number of hydrogen-bond donors (Lipinski definition) is 0. The minimum absolute atomic E-state index is 0.000791. The van der Waals surface area contributed by atoms with E-state index in [2.05, 4.69) is 120 Å². The molecule has 0 saturated carbocycles. The van der Waals surface area contributed by atoms with E-state index in [0.29, 0.717) is 17.5 Å². The first kappa shape index (κ1) is 27.6. The van der Waals surface area contributed by atoms with Gasteiger partial charge in [-0.1, -0.05) is 145 Å². The molecule has 45 heavy (non-hydrogen) atoms. The minimum atomic E-state index is -0.176. The van der Waals surface area contributed by atoms with Gasteiger partial charge in [-0.15, -0.1) is 0 Å². The Morgan fingerprint density at radius 1 is 0.356 bits per heavy atom. The van der Waals surface area contributed by atoms with E-state index >= 15 is 0 Å². The van der Waals surface area contributed by atoms with Gasteiger partial charge in [0.2, 0.25) is 0 Å². The van der Waals surface area contributed by atoms with Gasteiger partial charge in [0, 0.05) is 22.1 Å². The molecule has 1 heterocycles. The molecule has 220 valence electrons. The lowest BCUT2D eigenvalue weighted by Gasteiger charge is -2.48. The SMILES string of the molecule is CC1(C)c2cc(-c3nc(-c4ccccc4)nc(-c4ccccc4)n3)ccc2-c2cc3c(cc21)C(C)(C)C(C)(C)c1ccccc1-3. The average Bonchev–Trinajstić information content (AvgIpc) is 3.29. The molecule has 0 amide bonds. The van der Waals surface area contributed by atoms with Crippen molar-refractivity contribution in [3.05, 3.63) is 138 Å². The third-order valence-electron chi connectivity index (χ3n) is 10.9. The molecule has 1 aromatic heterocycles. The van der Waals surface area contributed by atoms with Crippen LogP contribution < -0.4 is 0 Å². The molecule has 2 aliphatic rings. The van der Waals surface area contributed by atoms with Gasteiger partial charge in [-0.2, -0.15) is 0 Å². The second kappa shape index (κ2) is 9.55. The van der Waals surface area contributed by atoms with Crippen molar-refractivity contribution in [2.45, 2.75) is 57.8 Å². The van der Waals surface area contributed by atoms with Crippen molar-refractivity contribution in [3.63, 3.8) is 0 Å². The van der Waals surface area contributed by atoms with Crippen LogP contribution in [0.3, 0.4) is 0 Å². The Morgan fingerprint density at radius 3 is 1.44 bits per heavy atom. The van der Waals surface area contributed by atoms with Crippen LogP contribution in [-0.2, 0) is 16.2 Å². The largest absolute Gasteiger partial charge is 0.208 e. The lowest BCUT2D eigenvalue weighted by molar-refractivity contribution is 0.298. The van der Waals surface area contributed by atoms with E-state index in [0.717, 1.165) is 16.7 Å². The molecule has 0 radical (unpaired) electrons. The number of benzene rings is 5. The van der Waals surface area contributed by atoms with Crippen LogP contribution >= 0.6 is 0 Å². The zero-order valence-electron chi connectivity index (χ0n) is 26.8. The van der Waals surface area contributed by atoms with E-state index in [1.807, 2.05) is 36.4 Å². The average molecular weight is 584 g/mol. The molecule has 0 atom stereocenters. The van der Waals surface area contributed by atoms with Crippen molar-refractivity contribution in [2.75, 3.05) is 0 Å². The molecule has 0 unspecified atom stereocenters. The number of aromatic nitrogens is 3. The molecule has 5 aromatic carbocycles. The van der Waals surface area contributed by atoms with Gasteiger partial charge < -0.3 is 0 Å². The van der Waals surface area contributed by atoms with E-state index < -0.39 is 0 Å². The third kappa shape index (κ3) is 4.00. The fourth-order valence-electron chi connectivity index (χ4n) is 7.53. The molecular weight excluding hydrogens is 546 g/mol. The van der Waals surface area contributed by atoms with E-state index in [4.69, 9.17) is 15.0 Å². The summed E-state index contributed by atoms with van der Waals surface area (Å²) in [6.45, 7) is 14.3. The van der Waals surface area contributed by atoms with Crippen molar-refractivity contribution in [2.24, 2.45) is 0 Å². The summed E-state index contributed by atoms with van der Waals surface area (Å²) in [4.78, 5) is 14.9. The first-order chi connectivity index (χ1) is 21.6. The maximum atomic E-state index is 5.02. The number of rotatable bonds is 3. The van der Waals surface area contributed by atoms with Crippen molar-refractivity contribution in [1.82, 2.24) is 15.0 Å². The predicted molar refractivity (Wildman–Crippen MR) is 185 cm³/mol. The van der Waals surface area contributed by atoms with Crippen LogP contribution in [0.1, 0.15) is 63.8 Å². The topological polar surface area (TPSA) is 38.7 Å². The van der Waals surface area contributed by atoms with E-state index in [9.17, 15) is 0 Å². The first-order valence-electron chi connectivity index (χ1n) is 15.9. The van der Waals surface area contributed by atoms with Gasteiger partial charge in [0.25, 0.3) is 0 Å². The smallest absolute Gasteiger partial charge is 0.164 e. The molecule has 0 N–H and O–H groups in total. The maximum Gasteiger partial charge on any atom is 0.164 e. The highest BCUT2D eigenvalue weighted by Crippen LogP contribution is 2.58. The minimum Gasteiger partial charge on any atom is -0.208 e. The van der Waals surface area contributed by atoms with Crippen LogP contribution in [0.5, 0.6) is 0 Å². The van der Waals surface area contributed by atoms with Crippen molar-refractivity contribution in [1.29, 1.82) is 0 Å². The van der Waals surface area contributed by atoms with E-state index in [1.165, 1.54) is 44.5 Å². The Balaban J connectivity index is 1.30. The molecule has 0 saturated heterocycles. The first-order valence-corrected chi connectivity index (χ1v) is 15.9. The standard InChI is InChI=1S/C42H37N3/c1-40(2)34-23-28(39-44-37(26-15-9-7-10-16-26)43-38(45-39)27-17-11-8-12-18-27)21-22-30(34)31-24-32-29-19-13-14-20-33(29)41(3,4)42(5,6)36(32)25-35(31)40/h7-25H,1-6H3. The highest BCUT2D eigenvalue weighted by molar-refractivity contribution is 5.89. The molecule has 8 rings (SSSR count). The van der Waals surface area contributed by atoms with Gasteiger partial charge >= 0.3 is 0 Å². The zero-order valence-corrected chi connectivity index (χ0v) is 26.8. The molecule has 2 aliphatic carbocycles. The van der Waals surface area contributed by atoms with Gasteiger partial charge in [0.1, 0.15) is 0 Å². The van der Waals surface area contributed by atoms with Gasteiger partial charge in [-0.25, -0.2) is 15.0 Å². The van der Waals surface area contributed by atoms with Crippen LogP contribution in [0.2, 0.25) is 0 Å². The summed E-state index contributed by atoms with van der Waals surface area (Å²) >= 11 is 0. The fourth-order valence-corrected chi connectivity index (χ4v) is 7.53. The lowest BCUT2D eigenvalue weighted by atomic mass is 9.55. The summed E-state index contributed by atoms with van der Waals surface area (Å²) in [6, 6.07) is 41.1. The monoisotopic (exact) mass is 583 g/mol. The molecule has 3 nitrogen and oxygen atoms in total. The van der Waals surface area contributed by atoms with Gasteiger partial charge in [-0.3, -0.25) is 0 Å². The second-order valence-corrected chi connectivity index (χ2v) is 14.2. The number of nitrogens with zero attached hydrogens (tertiary/aromatic N) is 3. The highest BCUT2D eigenvalue weighted by atomic mass is 15.0. The lowest BCUT2D eigenvalue weighted by Crippen LogP contribution is -2.43. The highest BCUT2D eigenvalue weighted by Gasteiger charge is 2.47. The van der Waals surface area contributed by atoms with E-state index in [1.54, 1.807) is 0 Å². The summed E-state index contributed by atoms with van der Waals surface area (Å²) in [7, 11) is 0. The fraction of sp³-hybridized carbons (Fsp3) is 0.214. The summed E-state index contributed by atoms with van der Waals surface area (Å²) < 4.78 is 0. The summed E-state index contributed by atoms with van der Waals surface area (Å²) in [5, 5.41) is 0. The van der Waals surface area contributed by atoms with Gasteiger partial charge in [0.15, 0.2) is 17.5 Å². The molecule has 0 bridgehead atoms. The predicted octanol–water partition coefficient (Wildman–Crippen LogP) is 10.4. The van der Waals surface area contributed by atoms with Crippen LogP contribution in [0.25, 0.3) is 56.4 Å². The van der Waals surface area contributed by atoms with Crippen molar-refractivity contribution in [3.8, 4) is 56.4 Å². The molecule has 0 aliphatic heterocycles. The Hall–Kier alpha value is -4.89. The Labute approximate surface area is 266 Å². The van der Waals surface area contributed by atoms with Gasteiger partial charge in [-0.05, 0) is 67.5 Å². The molecule has 6 aromatic rings. The number of fused-ring (bicyclic) bond motifs is 6. The van der Waals surface area contributed by atoms with Crippen LogP contribution in [0, 0.1) is 0 Å². The molecule has 0 fully saturated rings. The van der Waals surface area contributed by atoms with E-state index in [-0.39, 0.29) is 16.2 Å². The number of hydrogen-bond acceptors (Lipinski definition) is 3. The van der Waals surface area contributed by atoms with Crippen LogP contribution in [0.15, 0.2) is 115 Å². The molecular formula is C42H37N3. The Kier molecular flexibility index (Phi) is 5.87. The normalized spacial score (nSPS) is 16.3. The van der Waals surface area contributed by atoms with Gasteiger partial charge in [0.05, 0.1) is 0 Å². The Morgan fingerprint density at radius 2 is 0.822 bits per heavy atom. The second-order valence-electron chi connectivity index (χ2n) is 14.2. The zero-order chi connectivity index (χ0) is 31.1. The Bertz CT molecular complexity index is 2060. The maximum absolute atomic E-state index is 5.02. The van der Waals surface area contributed by atoms with Crippen LogP contribution in [0.4, 0.5) is 0 Å². The van der Waals surface area contributed by atoms with Crippen LogP contribution in [-0.4, -0.2) is 15.0 Å². The molecule has 0 spiro atoms. The summed E-state index contributed by atoms with van der Waals surface area (Å²) in [5.41, 5.74) is 13.6. The van der Waals surface area contributed by atoms with Crippen molar-refractivity contribution >= 4 is 0 Å². The third-order valence-corrected chi connectivity index (χ3v) is 10.9. The molecule has 3 heteroatoms. The van der Waals surface area contributed by atoms with Crippen molar-refractivity contribution < 1.29 is 0 Å². The summed E-state index contributed by atoms with van der Waals surface area (Å²) in [6.07, 6.45) is 0. The summed E-state index contributed by atoms with van der Waals surface area (Å²) in [5.74, 6) is 2.05.